The maximum atomic E-state index is 13.0. The van der Waals surface area contributed by atoms with E-state index in [2.05, 4.69) is 5.32 Å². The zero-order valence-corrected chi connectivity index (χ0v) is 16.8. The molecule has 0 bridgehead atoms. The van der Waals surface area contributed by atoms with Gasteiger partial charge in [-0.05, 0) is 33.1 Å². The first kappa shape index (κ1) is 23.0. The predicted molar refractivity (Wildman–Crippen MR) is 102 cm³/mol. The first-order chi connectivity index (χ1) is 13.5. The SMILES string of the molecule is C[C@@H](O)[C@H](N)C(=O)N1CC[C@@H](C(=O)N2CCC[C@H]2C(=O)N[C@H](C(N)=O)[C@@H](C)O)C1. The molecule has 2 aliphatic heterocycles. The minimum atomic E-state index is -1.23. The molecule has 0 unspecified atom stereocenters. The Morgan fingerprint density at radius 1 is 1.07 bits per heavy atom. The van der Waals surface area contributed by atoms with Gasteiger partial charge in [0.05, 0.1) is 18.1 Å². The van der Waals surface area contributed by atoms with Crippen molar-refractivity contribution in [2.75, 3.05) is 19.6 Å². The van der Waals surface area contributed by atoms with Crippen molar-refractivity contribution in [1.82, 2.24) is 15.1 Å². The van der Waals surface area contributed by atoms with Gasteiger partial charge in [-0.1, -0.05) is 0 Å². The van der Waals surface area contributed by atoms with Gasteiger partial charge in [-0.25, -0.2) is 0 Å². The minimum Gasteiger partial charge on any atom is -0.391 e. The average molecular weight is 413 g/mol. The number of hydrogen-bond donors (Lipinski definition) is 5. The summed E-state index contributed by atoms with van der Waals surface area (Å²) in [6, 6.07) is -3.03. The predicted octanol–water partition coefficient (Wildman–Crippen LogP) is -3.12. The van der Waals surface area contributed by atoms with Crippen molar-refractivity contribution in [3.05, 3.63) is 0 Å². The Morgan fingerprint density at radius 2 is 1.72 bits per heavy atom. The van der Waals surface area contributed by atoms with Crippen LogP contribution in [-0.2, 0) is 19.2 Å². The van der Waals surface area contributed by atoms with Crippen LogP contribution in [0.2, 0.25) is 0 Å². The highest BCUT2D eigenvalue weighted by atomic mass is 16.3. The number of primary amides is 1. The lowest BCUT2D eigenvalue weighted by Crippen LogP contribution is -2.56. The highest BCUT2D eigenvalue weighted by Gasteiger charge is 2.41. The number of aliphatic hydroxyl groups excluding tert-OH is 2. The van der Waals surface area contributed by atoms with Crippen LogP contribution in [0.25, 0.3) is 0 Å². The van der Waals surface area contributed by atoms with Gasteiger partial charge in [-0.15, -0.1) is 0 Å². The smallest absolute Gasteiger partial charge is 0.243 e. The molecule has 0 spiro atoms. The lowest BCUT2D eigenvalue weighted by Gasteiger charge is -2.28. The van der Waals surface area contributed by atoms with Crippen LogP contribution in [0.15, 0.2) is 0 Å². The van der Waals surface area contributed by atoms with E-state index >= 15 is 0 Å². The number of nitrogens with zero attached hydrogens (tertiary/aromatic N) is 2. The maximum Gasteiger partial charge on any atom is 0.243 e. The molecule has 0 aromatic heterocycles. The summed E-state index contributed by atoms with van der Waals surface area (Å²) < 4.78 is 0. The first-order valence-electron chi connectivity index (χ1n) is 9.85. The van der Waals surface area contributed by atoms with Crippen LogP contribution in [0.1, 0.15) is 33.1 Å². The van der Waals surface area contributed by atoms with E-state index in [0.29, 0.717) is 32.4 Å². The minimum absolute atomic E-state index is 0.181. The molecule has 4 amide bonds. The van der Waals surface area contributed by atoms with E-state index in [0.717, 1.165) is 0 Å². The summed E-state index contributed by atoms with van der Waals surface area (Å²) >= 11 is 0. The third-order valence-corrected chi connectivity index (χ3v) is 5.58. The van der Waals surface area contributed by atoms with Crippen molar-refractivity contribution < 1.29 is 29.4 Å². The van der Waals surface area contributed by atoms with E-state index in [1.807, 2.05) is 0 Å². The lowest BCUT2D eigenvalue weighted by molar-refractivity contribution is -0.142. The number of nitrogens with one attached hydrogen (secondary N) is 1. The summed E-state index contributed by atoms with van der Waals surface area (Å²) in [6.07, 6.45) is -0.641. The zero-order valence-electron chi connectivity index (χ0n) is 16.8. The summed E-state index contributed by atoms with van der Waals surface area (Å²) in [6.45, 7) is 3.70. The number of amides is 4. The first-order valence-corrected chi connectivity index (χ1v) is 9.85. The maximum absolute atomic E-state index is 13.0. The molecule has 6 atom stereocenters. The van der Waals surface area contributed by atoms with Gasteiger partial charge in [0.15, 0.2) is 0 Å². The third kappa shape index (κ3) is 5.22. The van der Waals surface area contributed by atoms with E-state index < -0.39 is 54.0 Å². The molecular weight excluding hydrogens is 382 g/mol. The summed E-state index contributed by atoms with van der Waals surface area (Å²) in [5, 5.41) is 21.5. The molecule has 11 nitrogen and oxygen atoms in total. The number of aliphatic hydroxyl groups is 2. The topological polar surface area (TPSA) is 179 Å². The second-order valence-electron chi connectivity index (χ2n) is 7.86. The molecule has 11 heteroatoms. The summed E-state index contributed by atoms with van der Waals surface area (Å²) in [5.74, 6) is -2.51. The Kier molecular flexibility index (Phi) is 7.55. The van der Waals surface area contributed by atoms with Crippen LogP contribution < -0.4 is 16.8 Å². The molecule has 2 saturated heterocycles. The molecule has 2 fully saturated rings. The molecule has 7 N–H and O–H groups in total. The van der Waals surface area contributed by atoms with Crippen LogP contribution in [0.3, 0.4) is 0 Å². The van der Waals surface area contributed by atoms with Crippen molar-refractivity contribution in [3.63, 3.8) is 0 Å². The lowest BCUT2D eigenvalue weighted by atomic mass is 10.1. The fourth-order valence-corrected chi connectivity index (χ4v) is 3.80. The molecule has 29 heavy (non-hydrogen) atoms. The monoisotopic (exact) mass is 413 g/mol. The van der Waals surface area contributed by atoms with Crippen molar-refractivity contribution in [2.24, 2.45) is 17.4 Å². The second-order valence-corrected chi connectivity index (χ2v) is 7.86. The van der Waals surface area contributed by atoms with Crippen LogP contribution >= 0.6 is 0 Å². The van der Waals surface area contributed by atoms with Crippen molar-refractivity contribution in [2.45, 2.75) is 63.4 Å². The standard InChI is InChI=1S/C18H31N5O6/c1-9(24)13(19)18(29)22-7-5-11(8-22)17(28)23-6-3-4-12(23)16(27)21-14(10(2)25)15(20)26/h9-14,24-25H,3-8,19H2,1-2H3,(H2,20,26)(H,21,27)/t9-,10-,11-,12+,13+,14+/m1/s1. The Balaban J connectivity index is 2.00. The molecule has 2 heterocycles. The van der Waals surface area contributed by atoms with Gasteiger partial charge in [-0.2, -0.15) is 0 Å². The number of nitrogens with two attached hydrogens (primary N) is 2. The highest BCUT2D eigenvalue weighted by Crippen LogP contribution is 2.25. The fourth-order valence-electron chi connectivity index (χ4n) is 3.80. The quantitative estimate of drug-likeness (QED) is 0.293. The van der Waals surface area contributed by atoms with E-state index in [1.54, 1.807) is 0 Å². The average Bonchev–Trinajstić information content (AvgIpc) is 3.32. The Bertz CT molecular complexity index is 655. The molecular formula is C18H31N5O6. The van der Waals surface area contributed by atoms with Crippen molar-refractivity contribution >= 4 is 23.6 Å². The Hall–Kier alpha value is -2.24. The van der Waals surface area contributed by atoms with E-state index in [-0.39, 0.29) is 12.5 Å². The summed E-state index contributed by atoms with van der Waals surface area (Å²) in [7, 11) is 0. The van der Waals surface area contributed by atoms with E-state index in [9.17, 15) is 29.4 Å². The summed E-state index contributed by atoms with van der Waals surface area (Å²) in [5.41, 5.74) is 10.9. The third-order valence-electron chi connectivity index (χ3n) is 5.58. The fraction of sp³-hybridized carbons (Fsp3) is 0.778. The number of carbonyl (C=O) groups excluding carboxylic acids is 4. The van der Waals surface area contributed by atoms with Gasteiger partial charge in [0.2, 0.25) is 23.6 Å². The van der Waals surface area contributed by atoms with Gasteiger partial charge in [0.25, 0.3) is 0 Å². The summed E-state index contributed by atoms with van der Waals surface area (Å²) in [4.78, 5) is 52.2. The van der Waals surface area contributed by atoms with Crippen LogP contribution in [0.4, 0.5) is 0 Å². The molecule has 0 aliphatic carbocycles. The molecule has 2 rings (SSSR count). The normalized spacial score (nSPS) is 26.0. The molecule has 0 aromatic carbocycles. The van der Waals surface area contributed by atoms with Crippen LogP contribution in [-0.4, -0.2) is 93.6 Å². The van der Waals surface area contributed by atoms with Gasteiger partial charge in [0, 0.05) is 19.6 Å². The van der Waals surface area contributed by atoms with Crippen molar-refractivity contribution in [3.8, 4) is 0 Å². The number of rotatable bonds is 7. The van der Waals surface area contributed by atoms with Crippen LogP contribution in [0, 0.1) is 5.92 Å². The molecule has 0 saturated carbocycles. The molecule has 0 aromatic rings. The van der Waals surface area contributed by atoms with Gasteiger partial charge in [0.1, 0.15) is 18.1 Å². The Labute approximate surface area is 169 Å². The molecule has 2 aliphatic rings. The second kappa shape index (κ2) is 9.51. The van der Waals surface area contributed by atoms with Gasteiger partial charge >= 0.3 is 0 Å². The molecule has 164 valence electrons. The molecule has 0 radical (unpaired) electrons. The van der Waals surface area contributed by atoms with Gasteiger partial charge < -0.3 is 36.8 Å². The number of likely N-dealkylation sites (tertiary alicyclic amines) is 2. The van der Waals surface area contributed by atoms with Crippen molar-refractivity contribution in [1.29, 1.82) is 0 Å². The zero-order chi connectivity index (χ0) is 21.9. The van der Waals surface area contributed by atoms with Crippen LogP contribution in [0.5, 0.6) is 0 Å². The largest absolute Gasteiger partial charge is 0.391 e. The number of hydrogen-bond acceptors (Lipinski definition) is 7. The Morgan fingerprint density at radius 3 is 2.28 bits per heavy atom. The van der Waals surface area contributed by atoms with Gasteiger partial charge in [-0.3, -0.25) is 19.2 Å². The van der Waals surface area contributed by atoms with E-state index in [4.69, 9.17) is 11.5 Å². The number of carbonyl (C=O) groups is 4. The highest BCUT2D eigenvalue weighted by molar-refractivity contribution is 5.93. The van der Waals surface area contributed by atoms with E-state index in [1.165, 1.54) is 23.6 Å².